The highest BCUT2D eigenvalue weighted by molar-refractivity contribution is 5.92. The second-order valence-corrected chi connectivity index (χ2v) is 2.82. The number of hydrogen-bond acceptors (Lipinski definition) is 4. The zero-order chi connectivity index (χ0) is 11.4. The maximum Gasteiger partial charge on any atom is 0.294 e. The number of benzene rings is 1. The monoisotopic (exact) mass is 209 g/mol. The minimum Gasteiger partial charge on any atom is -0.273 e. The molecule has 1 aromatic rings. The zero-order valence-corrected chi connectivity index (χ0v) is 8.43. The lowest BCUT2D eigenvalue weighted by Gasteiger charge is -2.18. The van der Waals surface area contributed by atoms with Crippen molar-refractivity contribution < 1.29 is 9.72 Å². The fourth-order valence-electron chi connectivity index (χ4n) is 1.26. The predicted molar refractivity (Wildman–Crippen MR) is 55.3 cm³/mol. The van der Waals surface area contributed by atoms with Crippen molar-refractivity contribution >= 4 is 17.3 Å². The van der Waals surface area contributed by atoms with Crippen LogP contribution in [-0.4, -0.2) is 17.9 Å². The summed E-state index contributed by atoms with van der Waals surface area (Å²) in [6.45, 7) is 1.33. The molecule has 0 aromatic heterocycles. The van der Waals surface area contributed by atoms with Gasteiger partial charge in [-0.25, -0.2) is 10.4 Å². The van der Waals surface area contributed by atoms with Crippen LogP contribution in [0.15, 0.2) is 24.3 Å². The molecule has 0 fully saturated rings. The summed E-state index contributed by atoms with van der Waals surface area (Å²) in [5, 5.41) is 11.8. The van der Waals surface area contributed by atoms with Crippen LogP contribution in [0.25, 0.3) is 0 Å². The number of amides is 1. The number of rotatable bonds is 3. The van der Waals surface area contributed by atoms with E-state index in [-0.39, 0.29) is 17.3 Å². The molecule has 0 saturated carbocycles. The largest absolute Gasteiger partial charge is 0.294 e. The van der Waals surface area contributed by atoms with Crippen molar-refractivity contribution in [3.05, 3.63) is 34.4 Å². The first-order valence-corrected chi connectivity index (χ1v) is 4.29. The Morgan fingerprint density at radius 1 is 1.47 bits per heavy atom. The molecule has 6 heteroatoms. The average molecular weight is 209 g/mol. The van der Waals surface area contributed by atoms with Crippen molar-refractivity contribution in [1.82, 2.24) is 5.43 Å². The summed E-state index contributed by atoms with van der Waals surface area (Å²) >= 11 is 0. The first-order chi connectivity index (χ1) is 7.07. The molecule has 1 aromatic carbocycles. The summed E-state index contributed by atoms with van der Waals surface area (Å²) in [6.07, 6.45) is 0. The molecule has 0 unspecified atom stereocenters. The number of nitrogens with one attached hydrogen (secondary N) is 1. The van der Waals surface area contributed by atoms with Gasteiger partial charge in [0.25, 0.3) is 5.69 Å². The summed E-state index contributed by atoms with van der Waals surface area (Å²) < 4.78 is 0. The molecule has 0 atom stereocenters. The van der Waals surface area contributed by atoms with Crippen LogP contribution in [0.5, 0.6) is 0 Å². The number of nitro groups is 1. The molecule has 0 spiro atoms. The summed E-state index contributed by atoms with van der Waals surface area (Å²) in [5.41, 5.74) is 2.72. The molecular weight excluding hydrogens is 198 g/mol. The molecule has 6 nitrogen and oxygen atoms in total. The molecule has 0 aliphatic rings. The lowest BCUT2D eigenvalue weighted by atomic mass is 10.2. The zero-order valence-electron chi connectivity index (χ0n) is 8.43. The van der Waals surface area contributed by atoms with Crippen molar-refractivity contribution in [2.75, 3.05) is 12.1 Å². The third-order valence-corrected chi connectivity index (χ3v) is 1.86. The predicted octanol–water partition coefficient (Wildman–Crippen LogP) is 1.08. The molecule has 1 amide bonds. The highest BCUT2D eigenvalue weighted by Crippen LogP contribution is 2.26. The third kappa shape index (κ3) is 2.29. The molecule has 0 bridgehead atoms. The smallest absolute Gasteiger partial charge is 0.273 e. The third-order valence-electron chi connectivity index (χ3n) is 1.86. The minimum atomic E-state index is -0.525. The SMILES string of the molecule is CNN(C(C)=O)c1ccccc1[N+](=O)[O-]. The van der Waals surface area contributed by atoms with Gasteiger partial charge in [-0.15, -0.1) is 0 Å². The second-order valence-electron chi connectivity index (χ2n) is 2.82. The maximum atomic E-state index is 11.2. The Hall–Kier alpha value is -1.95. The van der Waals surface area contributed by atoms with Crippen molar-refractivity contribution in [2.24, 2.45) is 0 Å². The van der Waals surface area contributed by atoms with Gasteiger partial charge >= 0.3 is 0 Å². The van der Waals surface area contributed by atoms with Crippen molar-refractivity contribution in [1.29, 1.82) is 0 Å². The number of carbonyl (C=O) groups is 1. The first-order valence-electron chi connectivity index (χ1n) is 4.29. The second kappa shape index (κ2) is 4.52. The number of anilines is 1. The Balaban J connectivity index is 3.22. The van der Waals surface area contributed by atoms with Gasteiger partial charge in [-0.2, -0.15) is 0 Å². The quantitative estimate of drug-likeness (QED) is 0.597. The van der Waals surface area contributed by atoms with Crippen LogP contribution in [0.2, 0.25) is 0 Å². The number of carbonyl (C=O) groups excluding carboxylic acids is 1. The first kappa shape index (κ1) is 11.1. The average Bonchev–Trinajstić information content (AvgIpc) is 2.18. The molecule has 1 N–H and O–H groups in total. The highest BCUT2D eigenvalue weighted by atomic mass is 16.6. The van der Waals surface area contributed by atoms with Gasteiger partial charge in [0.15, 0.2) is 0 Å². The number of nitrogens with zero attached hydrogens (tertiary/aromatic N) is 2. The molecule has 15 heavy (non-hydrogen) atoms. The van der Waals surface area contributed by atoms with E-state index in [2.05, 4.69) is 5.43 Å². The van der Waals surface area contributed by atoms with Gasteiger partial charge in [0.1, 0.15) is 5.69 Å². The van der Waals surface area contributed by atoms with E-state index >= 15 is 0 Å². The van der Waals surface area contributed by atoms with Crippen LogP contribution in [0.4, 0.5) is 11.4 Å². The molecule has 80 valence electrons. The summed E-state index contributed by atoms with van der Waals surface area (Å²) in [6, 6.07) is 6.05. The van der Waals surface area contributed by atoms with E-state index in [1.54, 1.807) is 12.1 Å². The number of hydrazine groups is 1. The number of para-hydroxylation sites is 2. The lowest BCUT2D eigenvalue weighted by Crippen LogP contribution is -2.39. The standard InChI is InChI=1S/C9H11N3O3/c1-7(13)11(10-2)8-5-3-4-6-9(8)12(14)15/h3-6,10H,1-2H3. The molecule has 0 radical (unpaired) electrons. The van der Waals surface area contributed by atoms with Gasteiger partial charge in [0, 0.05) is 20.0 Å². The maximum absolute atomic E-state index is 11.2. The fourth-order valence-corrected chi connectivity index (χ4v) is 1.26. The van der Waals surface area contributed by atoms with Crippen molar-refractivity contribution in [3.63, 3.8) is 0 Å². The molecule has 1 rings (SSSR count). The van der Waals surface area contributed by atoms with Crippen molar-refractivity contribution in [2.45, 2.75) is 6.92 Å². The van der Waals surface area contributed by atoms with Gasteiger partial charge < -0.3 is 0 Å². The molecule has 0 saturated heterocycles. The van der Waals surface area contributed by atoms with Gasteiger partial charge in [0.05, 0.1) is 4.92 Å². The molecule has 0 aliphatic heterocycles. The minimum absolute atomic E-state index is 0.109. The fraction of sp³-hybridized carbons (Fsp3) is 0.222. The molecule has 0 heterocycles. The van der Waals surface area contributed by atoms with Crippen LogP contribution >= 0.6 is 0 Å². The Kier molecular flexibility index (Phi) is 3.35. The van der Waals surface area contributed by atoms with Crippen molar-refractivity contribution in [3.8, 4) is 0 Å². The van der Waals surface area contributed by atoms with Crippen LogP contribution < -0.4 is 10.4 Å². The van der Waals surface area contributed by atoms with E-state index in [0.717, 1.165) is 5.01 Å². The van der Waals surface area contributed by atoms with Crippen LogP contribution in [-0.2, 0) is 4.79 Å². The van der Waals surface area contributed by atoms with Gasteiger partial charge in [-0.3, -0.25) is 14.9 Å². The topological polar surface area (TPSA) is 75.5 Å². The van der Waals surface area contributed by atoms with E-state index in [1.165, 1.54) is 26.1 Å². The van der Waals surface area contributed by atoms with Gasteiger partial charge in [-0.1, -0.05) is 12.1 Å². The number of hydrogen-bond donors (Lipinski definition) is 1. The Labute approximate surface area is 86.6 Å². The van der Waals surface area contributed by atoms with Gasteiger partial charge in [0.2, 0.25) is 5.91 Å². The van der Waals surface area contributed by atoms with Gasteiger partial charge in [-0.05, 0) is 6.07 Å². The Morgan fingerprint density at radius 3 is 2.53 bits per heavy atom. The summed E-state index contributed by atoms with van der Waals surface area (Å²) in [5.74, 6) is -0.313. The van der Waals surface area contributed by atoms with E-state index in [4.69, 9.17) is 0 Å². The Morgan fingerprint density at radius 2 is 2.07 bits per heavy atom. The highest BCUT2D eigenvalue weighted by Gasteiger charge is 2.20. The van der Waals surface area contributed by atoms with E-state index in [1.807, 2.05) is 0 Å². The van der Waals surface area contributed by atoms with Crippen LogP contribution in [0, 0.1) is 10.1 Å². The van der Waals surface area contributed by atoms with Crippen LogP contribution in [0.1, 0.15) is 6.92 Å². The van der Waals surface area contributed by atoms with Crippen LogP contribution in [0.3, 0.4) is 0 Å². The normalized spacial score (nSPS) is 9.73. The summed E-state index contributed by atoms with van der Waals surface area (Å²) in [4.78, 5) is 21.4. The van der Waals surface area contributed by atoms with E-state index < -0.39 is 4.92 Å². The summed E-state index contributed by atoms with van der Waals surface area (Å²) in [7, 11) is 1.53. The molecule has 0 aliphatic carbocycles. The van der Waals surface area contributed by atoms with E-state index in [0.29, 0.717) is 0 Å². The molecular formula is C9H11N3O3. The lowest BCUT2D eigenvalue weighted by molar-refractivity contribution is -0.384. The number of nitro benzene ring substituents is 1. The Bertz CT molecular complexity index is 392. The van der Waals surface area contributed by atoms with E-state index in [9.17, 15) is 14.9 Å².